The number of alkyl halides is 1. The van der Waals surface area contributed by atoms with Crippen molar-refractivity contribution in [1.29, 1.82) is 0 Å². The van der Waals surface area contributed by atoms with Crippen molar-refractivity contribution in [2.45, 2.75) is 65.1 Å². The number of aromatic nitrogens is 2. The van der Waals surface area contributed by atoms with Crippen LogP contribution in [0.5, 0.6) is 0 Å². The number of hydrogen-bond acceptors (Lipinski definition) is 4. The van der Waals surface area contributed by atoms with Crippen molar-refractivity contribution >= 4 is 32.4 Å². The summed E-state index contributed by atoms with van der Waals surface area (Å²) in [7, 11) is 1.93. The van der Waals surface area contributed by atoms with Gasteiger partial charge in [-0.1, -0.05) is 44.9 Å². The summed E-state index contributed by atoms with van der Waals surface area (Å²) in [6.07, 6.45) is 3.68. The van der Waals surface area contributed by atoms with Crippen LogP contribution in [0.2, 0.25) is 0 Å². The second kappa shape index (κ2) is 8.93. The van der Waals surface area contributed by atoms with E-state index >= 15 is 0 Å². The first-order chi connectivity index (χ1) is 9.45. The molecule has 3 nitrogen and oxygen atoms in total. The molecular formula is C14H25BrFN3S. The summed E-state index contributed by atoms with van der Waals surface area (Å²) in [4.78, 5) is 1.96. The van der Waals surface area contributed by atoms with Gasteiger partial charge in [-0.2, -0.15) is 0 Å². The molecule has 0 aliphatic heterocycles. The normalized spacial score (nSPS) is 14.6. The van der Waals surface area contributed by atoms with Crippen molar-refractivity contribution in [2.75, 3.05) is 11.9 Å². The number of unbranched alkanes of at least 4 members (excludes halogenated alkanes) is 1. The fraction of sp³-hybridized carbons (Fsp3) is 0.857. The molecule has 1 aromatic heterocycles. The van der Waals surface area contributed by atoms with Crippen LogP contribution in [0.25, 0.3) is 0 Å². The van der Waals surface area contributed by atoms with E-state index in [0.717, 1.165) is 34.7 Å². The average Bonchev–Trinajstić information content (AvgIpc) is 2.82. The van der Waals surface area contributed by atoms with Crippen LogP contribution >= 0.6 is 27.3 Å². The molecule has 1 heterocycles. The van der Waals surface area contributed by atoms with Crippen molar-refractivity contribution in [2.24, 2.45) is 5.92 Å². The third kappa shape index (κ3) is 5.64. The van der Waals surface area contributed by atoms with Crippen LogP contribution in [0.1, 0.15) is 52.9 Å². The van der Waals surface area contributed by atoms with E-state index < -0.39 is 6.17 Å². The van der Waals surface area contributed by atoms with Crippen LogP contribution in [0, 0.1) is 5.92 Å². The monoisotopic (exact) mass is 365 g/mol. The third-order valence-corrected chi connectivity index (χ3v) is 4.93. The van der Waals surface area contributed by atoms with E-state index in [1.807, 2.05) is 11.9 Å². The SMILES string of the molecule is CCCC[C@H](F)[C@@H](CCC(C)C)N(C)c1nnc(Br)s1. The number of nitrogens with zero attached hydrogens (tertiary/aromatic N) is 3. The van der Waals surface area contributed by atoms with Gasteiger partial charge in [0.05, 0.1) is 6.04 Å². The van der Waals surface area contributed by atoms with Gasteiger partial charge in [0.2, 0.25) is 5.13 Å². The second-order valence-corrected chi connectivity index (χ2v) is 7.88. The molecule has 0 saturated carbocycles. The lowest BCUT2D eigenvalue weighted by molar-refractivity contribution is 0.239. The maximum atomic E-state index is 14.6. The minimum atomic E-state index is -0.804. The summed E-state index contributed by atoms with van der Waals surface area (Å²) in [5.74, 6) is 0.588. The van der Waals surface area contributed by atoms with Crippen molar-refractivity contribution in [3.63, 3.8) is 0 Å². The van der Waals surface area contributed by atoms with Crippen LogP contribution in [0.15, 0.2) is 3.92 Å². The molecule has 0 spiro atoms. The molecule has 0 N–H and O–H groups in total. The molecule has 0 unspecified atom stereocenters. The highest BCUT2D eigenvalue weighted by atomic mass is 79.9. The molecule has 1 rings (SSSR count). The Morgan fingerprint density at radius 1 is 1.25 bits per heavy atom. The van der Waals surface area contributed by atoms with Gasteiger partial charge in [0.15, 0.2) is 3.92 Å². The standard InChI is InChI=1S/C14H25BrFN3S/c1-5-6-7-11(16)12(9-8-10(2)3)19(4)14-18-17-13(15)20-14/h10-12H,5-9H2,1-4H3/t11-,12+/m0/s1. The minimum absolute atomic E-state index is 0.108. The molecule has 0 aliphatic carbocycles. The Kier molecular flexibility index (Phi) is 7.95. The summed E-state index contributed by atoms with van der Waals surface area (Å²) in [5.41, 5.74) is 0. The van der Waals surface area contributed by atoms with Crippen molar-refractivity contribution < 1.29 is 4.39 Å². The molecule has 0 aliphatic rings. The molecule has 0 saturated heterocycles. The van der Waals surface area contributed by atoms with Crippen molar-refractivity contribution in [3.05, 3.63) is 3.92 Å². The Morgan fingerprint density at radius 3 is 2.45 bits per heavy atom. The van der Waals surface area contributed by atoms with Crippen LogP contribution < -0.4 is 4.90 Å². The van der Waals surface area contributed by atoms with Crippen LogP contribution in [-0.2, 0) is 0 Å². The summed E-state index contributed by atoms with van der Waals surface area (Å²) in [5, 5.41) is 8.85. The van der Waals surface area contributed by atoms with Crippen LogP contribution in [0.4, 0.5) is 9.52 Å². The Morgan fingerprint density at radius 2 is 1.95 bits per heavy atom. The average molecular weight is 366 g/mol. The molecular weight excluding hydrogens is 341 g/mol. The quantitative estimate of drug-likeness (QED) is 0.611. The van der Waals surface area contributed by atoms with Gasteiger partial charge in [-0.05, 0) is 41.1 Å². The smallest absolute Gasteiger partial charge is 0.209 e. The molecule has 6 heteroatoms. The summed E-state index contributed by atoms with van der Waals surface area (Å²) in [6.45, 7) is 6.46. The third-order valence-electron chi connectivity index (χ3n) is 3.48. The van der Waals surface area contributed by atoms with Gasteiger partial charge in [0.1, 0.15) is 6.17 Å². The summed E-state index contributed by atoms with van der Waals surface area (Å²) < 4.78 is 15.3. The first-order valence-electron chi connectivity index (χ1n) is 7.31. The predicted octanol–water partition coefficient (Wildman–Crippen LogP) is 5.07. The molecule has 0 radical (unpaired) electrons. The van der Waals surface area contributed by atoms with E-state index in [4.69, 9.17) is 0 Å². The first-order valence-corrected chi connectivity index (χ1v) is 8.92. The number of rotatable bonds is 9. The maximum absolute atomic E-state index is 14.6. The van der Waals surface area contributed by atoms with Gasteiger partial charge in [-0.15, -0.1) is 10.2 Å². The van der Waals surface area contributed by atoms with Gasteiger partial charge in [-0.3, -0.25) is 0 Å². The lowest BCUT2D eigenvalue weighted by atomic mass is 9.97. The summed E-state index contributed by atoms with van der Waals surface area (Å²) >= 11 is 4.77. The highest BCUT2D eigenvalue weighted by molar-refractivity contribution is 9.11. The lowest BCUT2D eigenvalue weighted by Crippen LogP contribution is -2.39. The van der Waals surface area contributed by atoms with Crippen molar-refractivity contribution in [3.8, 4) is 0 Å². The molecule has 0 amide bonds. The lowest BCUT2D eigenvalue weighted by Gasteiger charge is -2.30. The molecule has 0 bridgehead atoms. The fourth-order valence-corrected chi connectivity index (χ4v) is 3.30. The van der Waals surface area contributed by atoms with E-state index in [1.165, 1.54) is 11.3 Å². The molecule has 116 valence electrons. The Hall–Kier alpha value is -0.230. The fourth-order valence-electron chi connectivity index (χ4n) is 2.20. The predicted molar refractivity (Wildman–Crippen MR) is 88.3 cm³/mol. The largest absolute Gasteiger partial charge is 0.344 e. The Balaban J connectivity index is 2.74. The van der Waals surface area contributed by atoms with E-state index in [9.17, 15) is 4.39 Å². The van der Waals surface area contributed by atoms with E-state index in [2.05, 4.69) is 46.9 Å². The molecule has 2 atom stereocenters. The Bertz CT molecular complexity index is 386. The summed E-state index contributed by atoms with van der Waals surface area (Å²) in [6, 6.07) is -0.108. The molecule has 0 fully saturated rings. The zero-order valence-corrected chi connectivity index (χ0v) is 15.2. The highest BCUT2D eigenvalue weighted by Gasteiger charge is 2.27. The van der Waals surface area contributed by atoms with E-state index in [1.54, 1.807) is 0 Å². The van der Waals surface area contributed by atoms with E-state index in [0.29, 0.717) is 12.3 Å². The number of hydrogen-bond donors (Lipinski definition) is 0. The minimum Gasteiger partial charge on any atom is -0.344 e. The van der Waals surface area contributed by atoms with Gasteiger partial charge < -0.3 is 4.90 Å². The highest BCUT2D eigenvalue weighted by Crippen LogP contribution is 2.29. The topological polar surface area (TPSA) is 29.0 Å². The Labute approximate surface area is 134 Å². The first kappa shape index (κ1) is 17.8. The van der Waals surface area contributed by atoms with Crippen molar-refractivity contribution in [1.82, 2.24) is 10.2 Å². The maximum Gasteiger partial charge on any atom is 0.209 e. The number of anilines is 1. The zero-order valence-electron chi connectivity index (χ0n) is 12.8. The second-order valence-electron chi connectivity index (χ2n) is 5.65. The van der Waals surface area contributed by atoms with E-state index in [-0.39, 0.29) is 6.04 Å². The van der Waals surface area contributed by atoms with Gasteiger partial charge >= 0.3 is 0 Å². The van der Waals surface area contributed by atoms with Gasteiger partial charge in [-0.25, -0.2) is 4.39 Å². The van der Waals surface area contributed by atoms with Crippen LogP contribution in [0.3, 0.4) is 0 Å². The molecule has 1 aromatic rings. The number of halogens is 2. The molecule has 20 heavy (non-hydrogen) atoms. The zero-order chi connectivity index (χ0) is 15.1. The molecule has 0 aromatic carbocycles. The van der Waals surface area contributed by atoms with Crippen LogP contribution in [-0.4, -0.2) is 29.5 Å². The van der Waals surface area contributed by atoms with Gasteiger partial charge in [0.25, 0.3) is 0 Å². The van der Waals surface area contributed by atoms with Gasteiger partial charge in [0, 0.05) is 7.05 Å².